The van der Waals surface area contributed by atoms with E-state index >= 15 is 0 Å². The van der Waals surface area contributed by atoms with Gasteiger partial charge in [-0.2, -0.15) is 0 Å². The van der Waals surface area contributed by atoms with Crippen molar-refractivity contribution in [1.82, 2.24) is 9.80 Å². The van der Waals surface area contributed by atoms with E-state index in [1.54, 1.807) is 0 Å². The second-order valence-electron chi connectivity index (χ2n) is 7.30. The van der Waals surface area contributed by atoms with Crippen LogP contribution in [0, 0.1) is 0 Å². The van der Waals surface area contributed by atoms with Crippen LogP contribution in [0.4, 0.5) is 4.79 Å². The summed E-state index contributed by atoms with van der Waals surface area (Å²) >= 11 is 0. The monoisotopic (exact) mass is 282 g/mol. The van der Waals surface area contributed by atoms with E-state index in [-0.39, 0.29) is 12.1 Å². The first kappa shape index (κ1) is 15.6. The minimum absolute atomic E-state index is 0.151. The van der Waals surface area contributed by atoms with Crippen LogP contribution >= 0.6 is 0 Å². The molecule has 0 radical (unpaired) electrons. The first-order chi connectivity index (χ1) is 9.37. The number of carbonyl (C=O) groups is 1. The molecule has 0 spiro atoms. The molecule has 2 aliphatic rings. The van der Waals surface area contributed by atoms with Crippen LogP contribution in [0.25, 0.3) is 0 Å². The Morgan fingerprint density at radius 2 is 1.75 bits per heavy atom. The van der Waals surface area contributed by atoms with Gasteiger partial charge in [-0.1, -0.05) is 6.42 Å². The highest BCUT2D eigenvalue weighted by molar-refractivity contribution is 5.68. The van der Waals surface area contributed by atoms with Gasteiger partial charge in [0, 0.05) is 18.6 Å². The molecule has 0 aromatic rings. The van der Waals surface area contributed by atoms with E-state index in [0.717, 1.165) is 19.4 Å². The molecule has 2 rings (SSSR count). The number of likely N-dealkylation sites (tertiary alicyclic amines) is 2. The smallest absolute Gasteiger partial charge is 0.410 e. The van der Waals surface area contributed by atoms with Gasteiger partial charge in [0.1, 0.15) is 5.60 Å². The lowest BCUT2D eigenvalue weighted by molar-refractivity contribution is -0.0000971. The van der Waals surface area contributed by atoms with E-state index < -0.39 is 5.60 Å². The Morgan fingerprint density at radius 3 is 2.30 bits per heavy atom. The third kappa shape index (κ3) is 4.11. The van der Waals surface area contributed by atoms with Gasteiger partial charge in [-0.15, -0.1) is 0 Å². The largest absolute Gasteiger partial charge is 0.444 e. The molecule has 0 saturated carbocycles. The summed E-state index contributed by atoms with van der Waals surface area (Å²) in [5.41, 5.74) is -0.402. The summed E-state index contributed by atoms with van der Waals surface area (Å²) in [7, 11) is 0. The predicted octanol–water partition coefficient (Wildman–Crippen LogP) is 3.26. The topological polar surface area (TPSA) is 32.8 Å². The molecule has 2 heterocycles. The summed E-state index contributed by atoms with van der Waals surface area (Å²) < 4.78 is 5.50. The Balaban J connectivity index is 1.87. The quantitative estimate of drug-likeness (QED) is 0.740. The van der Waals surface area contributed by atoms with E-state index in [1.165, 1.54) is 32.4 Å². The molecule has 2 atom stereocenters. The first-order valence-electron chi connectivity index (χ1n) is 8.10. The molecule has 116 valence electrons. The fraction of sp³-hybridized carbons (Fsp3) is 0.938. The summed E-state index contributed by atoms with van der Waals surface area (Å²) in [6.45, 7) is 11.2. The van der Waals surface area contributed by atoms with E-state index in [1.807, 2.05) is 25.7 Å². The van der Waals surface area contributed by atoms with E-state index in [9.17, 15) is 4.79 Å². The Bertz CT molecular complexity index is 332. The summed E-state index contributed by atoms with van der Waals surface area (Å²) in [6, 6.07) is 0.939. The van der Waals surface area contributed by atoms with E-state index in [2.05, 4.69) is 11.8 Å². The zero-order valence-electron chi connectivity index (χ0n) is 13.5. The van der Waals surface area contributed by atoms with Crippen molar-refractivity contribution in [3.63, 3.8) is 0 Å². The van der Waals surface area contributed by atoms with E-state index in [4.69, 9.17) is 4.74 Å². The highest BCUT2D eigenvalue weighted by atomic mass is 16.6. The maximum absolute atomic E-state index is 12.2. The molecule has 0 aromatic heterocycles. The molecule has 0 N–H and O–H groups in total. The average molecular weight is 282 g/mol. The Morgan fingerprint density at radius 1 is 1.10 bits per heavy atom. The summed E-state index contributed by atoms with van der Waals surface area (Å²) in [5.74, 6) is 0. The molecule has 1 amide bonds. The third-order valence-electron chi connectivity index (χ3n) is 4.38. The molecule has 20 heavy (non-hydrogen) atoms. The second-order valence-corrected chi connectivity index (χ2v) is 7.30. The predicted molar refractivity (Wildman–Crippen MR) is 80.8 cm³/mol. The maximum atomic E-state index is 12.2. The summed E-state index contributed by atoms with van der Waals surface area (Å²) in [5, 5.41) is 0. The van der Waals surface area contributed by atoms with Crippen molar-refractivity contribution in [2.24, 2.45) is 0 Å². The fourth-order valence-corrected chi connectivity index (χ4v) is 3.35. The van der Waals surface area contributed by atoms with Gasteiger partial charge in [-0.3, -0.25) is 0 Å². The van der Waals surface area contributed by atoms with Gasteiger partial charge in [-0.25, -0.2) is 4.79 Å². The molecule has 4 heteroatoms. The van der Waals surface area contributed by atoms with Crippen molar-refractivity contribution in [3.05, 3.63) is 0 Å². The van der Waals surface area contributed by atoms with Crippen LogP contribution in [0.1, 0.15) is 59.8 Å². The molecule has 4 nitrogen and oxygen atoms in total. The van der Waals surface area contributed by atoms with Crippen LogP contribution in [-0.4, -0.2) is 53.2 Å². The van der Waals surface area contributed by atoms with Gasteiger partial charge in [-0.05, 0) is 66.5 Å². The molecular formula is C16H30N2O2. The average Bonchev–Trinajstić information content (AvgIpc) is 2.37. The van der Waals surface area contributed by atoms with Crippen LogP contribution < -0.4 is 0 Å². The lowest BCUT2D eigenvalue weighted by Gasteiger charge is -2.43. The Hall–Kier alpha value is -0.770. The highest BCUT2D eigenvalue weighted by Gasteiger charge is 2.34. The van der Waals surface area contributed by atoms with Gasteiger partial charge in [0.2, 0.25) is 0 Å². The molecule has 1 unspecified atom stereocenters. The van der Waals surface area contributed by atoms with Crippen LogP contribution in [0.15, 0.2) is 0 Å². The number of ether oxygens (including phenoxy) is 1. The minimum Gasteiger partial charge on any atom is -0.444 e. The van der Waals surface area contributed by atoms with Gasteiger partial charge in [0.25, 0.3) is 0 Å². The summed E-state index contributed by atoms with van der Waals surface area (Å²) in [6.07, 6.45) is 6.06. The standard InChI is InChI=1S/C16H30N2O2/c1-13-12-14(17-9-6-5-7-10-17)8-11-18(13)15(19)20-16(2,3)4/h13-14H,5-12H2,1-4H3/t13-,14?/m1/s1. The van der Waals surface area contributed by atoms with Crippen molar-refractivity contribution in [2.75, 3.05) is 19.6 Å². The third-order valence-corrected chi connectivity index (χ3v) is 4.38. The van der Waals surface area contributed by atoms with Gasteiger partial charge >= 0.3 is 6.09 Å². The number of amides is 1. The molecule has 0 aliphatic carbocycles. The number of hydrogen-bond donors (Lipinski definition) is 0. The lowest BCUT2D eigenvalue weighted by atomic mass is 9.95. The minimum atomic E-state index is -0.402. The normalized spacial score (nSPS) is 29.3. The number of carbonyl (C=O) groups excluding carboxylic acids is 1. The van der Waals surface area contributed by atoms with Crippen LogP contribution in [0.5, 0.6) is 0 Å². The van der Waals surface area contributed by atoms with Crippen molar-refractivity contribution in [1.29, 1.82) is 0 Å². The highest BCUT2D eigenvalue weighted by Crippen LogP contribution is 2.25. The molecule has 2 fully saturated rings. The molecular weight excluding hydrogens is 252 g/mol. The Kier molecular flexibility index (Phi) is 4.95. The van der Waals surface area contributed by atoms with Crippen molar-refractivity contribution < 1.29 is 9.53 Å². The zero-order valence-corrected chi connectivity index (χ0v) is 13.5. The van der Waals surface area contributed by atoms with Crippen molar-refractivity contribution in [3.8, 4) is 0 Å². The van der Waals surface area contributed by atoms with Crippen molar-refractivity contribution >= 4 is 6.09 Å². The number of piperidine rings is 2. The summed E-state index contributed by atoms with van der Waals surface area (Å²) in [4.78, 5) is 16.7. The zero-order chi connectivity index (χ0) is 14.8. The van der Waals surface area contributed by atoms with Crippen molar-refractivity contribution in [2.45, 2.75) is 77.5 Å². The van der Waals surface area contributed by atoms with Gasteiger partial charge in [0.15, 0.2) is 0 Å². The fourth-order valence-electron chi connectivity index (χ4n) is 3.35. The Labute approximate surface area is 123 Å². The number of rotatable bonds is 1. The molecule has 2 aliphatic heterocycles. The number of hydrogen-bond acceptors (Lipinski definition) is 3. The lowest BCUT2D eigenvalue weighted by Crippen LogP contribution is -2.52. The molecule has 2 saturated heterocycles. The van der Waals surface area contributed by atoms with Crippen LogP contribution in [0.3, 0.4) is 0 Å². The number of nitrogens with zero attached hydrogens (tertiary/aromatic N) is 2. The van der Waals surface area contributed by atoms with Gasteiger partial charge < -0.3 is 14.5 Å². The first-order valence-corrected chi connectivity index (χ1v) is 8.10. The molecule has 0 aromatic carbocycles. The molecule has 0 bridgehead atoms. The van der Waals surface area contributed by atoms with Crippen LogP contribution in [-0.2, 0) is 4.74 Å². The van der Waals surface area contributed by atoms with Gasteiger partial charge in [0.05, 0.1) is 0 Å². The van der Waals surface area contributed by atoms with E-state index in [0.29, 0.717) is 6.04 Å². The SMILES string of the molecule is C[C@@H]1CC(N2CCCCC2)CCN1C(=O)OC(C)(C)C. The second kappa shape index (κ2) is 6.33. The van der Waals surface area contributed by atoms with Crippen LogP contribution in [0.2, 0.25) is 0 Å². The maximum Gasteiger partial charge on any atom is 0.410 e.